The number of pyridine rings is 2. The van der Waals surface area contributed by atoms with Gasteiger partial charge in [-0.15, -0.1) is 0 Å². The molecule has 0 saturated carbocycles. The van der Waals surface area contributed by atoms with Gasteiger partial charge >= 0.3 is 5.97 Å². The molecule has 0 bridgehead atoms. The minimum Gasteiger partial charge on any atom is -0.496 e. The maximum Gasteiger partial charge on any atom is 0.340 e. The van der Waals surface area contributed by atoms with Gasteiger partial charge in [0.15, 0.2) is 0 Å². The number of nitrogens with zero attached hydrogens (tertiary/aromatic N) is 3. The molecule has 31 heavy (non-hydrogen) atoms. The van der Waals surface area contributed by atoms with Crippen molar-refractivity contribution in [2.45, 2.75) is 34.1 Å². The second kappa shape index (κ2) is 9.43. The first-order valence-electron chi connectivity index (χ1n) is 10.1. The SMILES string of the molecule is CCCOC(=O)c1c(C)nc2c(C)cnc(OCC)c2c1-c1ccc(C#N)cc1OC. The summed E-state index contributed by atoms with van der Waals surface area (Å²) in [6.45, 7) is 8.19. The Kier molecular flexibility index (Phi) is 6.71. The first-order valence-corrected chi connectivity index (χ1v) is 10.1. The normalized spacial score (nSPS) is 10.6. The number of aryl methyl sites for hydroxylation is 2. The molecule has 0 saturated heterocycles. The topological polar surface area (TPSA) is 94.3 Å². The molecule has 0 aliphatic heterocycles. The summed E-state index contributed by atoms with van der Waals surface area (Å²) in [5.74, 6) is 0.361. The second-order valence-electron chi connectivity index (χ2n) is 7.01. The molecule has 0 atom stereocenters. The quantitative estimate of drug-likeness (QED) is 0.510. The molecule has 2 aromatic heterocycles. The van der Waals surface area contributed by atoms with Gasteiger partial charge in [-0.3, -0.25) is 4.98 Å². The van der Waals surface area contributed by atoms with E-state index in [1.807, 2.05) is 20.8 Å². The number of carbonyl (C=O) groups excluding carboxylic acids is 1. The van der Waals surface area contributed by atoms with Gasteiger partial charge in [0.25, 0.3) is 0 Å². The van der Waals surface area contributed by atoms with Gasteiger partial charge in [0.05, 0.1) is 54.1 Å². The molecular formula is C24H25N3O4. The number of hydrogen-bond donors (Lipinski definition) is 0. The van der Waals surface area contributed by atoms with Crippen molar-refractivity contribution in [3.63, 3.8) is 0 Å². The third kappa shape index (κ3) is 4.15. The third-order valence-electron chi connectivity index (χ3n) is 4.86. The molecular weight excluding hydrogens is 394 g/mol. The van der Waals surface area contributed by atoms with Gasteiger partial charge in [-0.1, -0.05) is 6.92 Å². The van der Waals surface area contributed by atoms with Gasteiger partial charge in [-0.25, -0.2) is 9.78 Å². The van der Waals surface area contributed by atoms with Crippen molar-refractivity contribution >= 4 is 16.9 Å². The van der Waals surface area contributed by atoms with Crippen molar-refractivity contribution < 1.29 is 19.0 Å². The number of fused-ring (bicyclic) bond motifs is 1. The smallest absolute Gasteiger partial charge is 0.340 e. The molecule has 0 radical (unpaired) electrons. The van der Waals surface area contributed by atoms with E-state index >= 15 is 0 Å². The summed E-state index contributed by atoms with van der Waals surface area (Å²) in [7, 11) is 1.53. The molecule has 1 aromatic carbocycles. The summed E-state index contributed by atoms with van der Waals surface area (Å²) >= 11 is 0. The fourth-order valence-electron chi connectivity index (χ4n) is 3.48. The largest absolute Gasteiger partial charge is 0.496 e. The van der Waals surface area contributed by atoms with Crippen LogP contribution in [0.5, 0.6) is 11.6 Å². The monoisotopic (exact) mass is 419 g/mol. The number of carbonyl (C=O) groups is 1. The predicted molar refractivity (Wildman–Crippen MR) is 117 cm³/mol. The standard InChI is InChI=1S/C24H25N3O4/c1-6-10-31-24(28)19-15(4)27-22-14(3)13-26-23(30-7-2)21(22)20(19)17-9-8-16(12-25)11-18(17)29-5/h8-9,11,13H,6-7,10H2,1-5H3. The molecule has 7 nitrogen and oxygen atoms in total. The minimum atomic E-state index is -0.473. The summed E-state index contributed by atoms with van der Waals surface area (Å²) in [6.07, 6.45) is 2.40. The summed E-state index contributed by atoms with van der Waals surface area (Å²) in [4.78, 5) is 22.3. The Morgan fingerprint density at radius 2 is 2.00 bits per heavy atom. The average Bonchev–Trinajstić information content (AvgIpc) is 2.78. The van der Waals surface area contributed by atoms with E-state index in [1.54, 1.807) is 31.3 Å². The lowest BCUT2D eigenvalue weighted by atomic mass is 9.92. The van der Waals surface area contributed by atoms with Crippen molar-refractivity contribution in [3.8, 4) is 28.8 Å². The summed E-state index contributed by atoms with van der Waals surface area (Å²) in [5.41, 5.74) is 4.06. The third-order valence-corrected chi connectivity index (χ3v) is 4.86. The van der Waals surface area contributed by atoms with Crippen LogP contribution >= 0.6 is 0 Å². The van der Waals surface area contributed by atoms with Crippen LogP contribution in [0.4, 0.5) is 0 Å². The summed E-state index contributed by atoms with van der Waals surface area (Å²) in [5, 5.41) is 9.92. The number of hydrogen-bond acceptors (Lipinski definition) is 7. The fraction of sp³-hybridized carbons (Fsp3) is 0.333. The van der Waals surface area contributed by atoms with Crippen LogP contribution in [0.15, 0.2) is 24.4 Å². The Morgan fingerprint density at radius 1 is 1.23 bits per heavy atom. The molecule has 0 aliphatic rings. The predicted octanol–water partition coefficient (Wildman–Crippen LogP) is 4.76. The number of ether oxygens (including phenoxy) is 3. The Morgan fingerprint density at radius 3 is 2.65 bits per heavy atom. The number of aromatic nitrogens is 2. The number of rotatable bonds is 7. The molecule has 0 amide bonds. The molecule has 3 rings (SSSR count). The van der Waals surface area contributed by atoms with Crippen LogP contribution in [0, 0.1) is 25.2 Å². The zero-order chi connectivity index (χ0) is 22.5. The van der Waals surface area contributed by atoms with E-state index in [1.165, 1.54) is 7.11 Å². The van der Waals surface area contributed by atoms with Crippen LogP contribution in [-0.4, -0.2) is 36.3 Å². The maximum atomic E-state index is 13.1. The summed E-state index contributed by atoms with van der Waals surface area (Å²) < 4.78 is 16.9. The van der Waals surface area contributed by atoms with Crippen LogP contribution in [0.1, 0.15) is 47.4 Å². The lowest BCUT2D eigenvalue weighted by Crippen LogP contribution is -2.13. The zero-order valence-electron chi connectivity index (χ0n) is 18.4. The lowest BCUT2D eigenvalue weighted by Gasteiger charge is -2.19. The van der Waals surface area contributed by atoms with Gasteiger partial charge in [-0.2, -0.15) is 5.26 Å². The Labute approximate surface area is 181 Å². The van der Waals surface area contributed by atoms with E-state index in [0.717, 1.165) is 5.56 Å². The van der Waals surface area contributed by atoms with Gasteiger partial charge in [0, 0.05) is 17.3 Å². The van der Waals surface area contributed by atoms with Crippen molar-refractivity contribution in [2.75, 3.05) is 20.3 Å². The molecule has 0 aliphatic carbocycles. The first kappa shape index (κ1) is 22.0. The molecule has 2 heterocycles. The van der Waals surface area contributed by atoms with E-state index in [4.69, 9.17) is 19.2 Å². The number of nitriles is 1. The molecule has 3 aromatic rings. The molecule has 0 N–H and O–H groups in total. The van der Waals surface area contributed by atoms with E-state index in [0.29, 0.717) is 70.1 Å². The van der Waals surface area contributed by atoms with Crippen LogP contribution in [0.3, 0.4) is 0 Å². The Hall–Kier alpha value is -3.66. The number of methoxy groups -OCH3 is 1. The molecule has 160 valence electrons. The van der Waals surface area contributed by atoms with Crippen molar-refractivity contribution in [3.05, 3.63) is 46.8 Å². The van der Waals surface area contributed by atoms with Gasteiger partial charge in [0.2, 0.25) is 5.88 Å². The van der Waals surface area contributed by atoms with Crippen LogP contribution < -0.4 is 9.47 Å². The Bertz CT molecular complexity index is 1180. The van der Waals surface area contributed by atoms with Gasteiger partial charge in [-0.05, 0) is 51.0 Å². The molecule has 7 heteroatoms. The molecule has 0 spiro atoms. The highest BCUT2D eigenvalue weighted by atomic mass is 16.5. The highest BCUT2D eigenvalue weighted by molar-refractivity contribution is 6.10. The van der Waals surface area contributed by atoms with Crippen LogP contribution in [-0.2, 0) is 4.74 Å². The first-order chi connectivity index (χ1) is 15.0. The maximum absolute atomic E-state index is 13.1. The van der Waals surface area contributed by atoms with E-state index in [2.05, 4.69) is 11.1 Å². The van der Waals surface area contributed by atoms with Gasteiger partial charge < -0.3 is 14.2 Å². The van der Waals surface area contributed by atoms with E-state index < -0.39 is 5.97 Å². The minimum absolute atomic E-state index is 0.296. The fourth-order valence-corrected chi connectivity index (χ4v) is 3.48. The van der Waals surface area contributed by atoms with Crippen LogP contribution in [0.25, 0.3) is 22.0 Å². The highest BCUT2D eigenvalue weighted by Crippen LogP contribution is 2.42. The van der Waals surface area contributed by atoms with Crippen molar-refractivity contribution in [2.24, 2.45) is 0 Å². The average molecular weight is 419 g/mol. The molecule has 0 unspecified atom stereocenters. The summed E-state index contributed by atoms with van der Waals surface area (Å²) in [6, 6.07) is 7.20. The van der Waals surface area contributed by atoms with Crippen molar-refractivity contribution in [1.29, 1.82) is 5.26 Å². The van der Waals surface area contributed by atoms with Gasteiger partial charge in [0.1, 0.15) is 5.75 Å². The van der Waals surface area contributed by atoms with Crippen LogP contribution in [0.2, 0.25) is 0 Å². The highest BCUT2D eigenvalue weighted by Gasteiger charge is 2.27. The van der Waals surface area contributed by atoms with E-state index in [9.17, 15) is 10.1 Å². The number of esters is 1. The Balaban J connectivity index is 2.50. The number of benzene rings is 1. The second-order valence-corrected chi connectivity index (χ2v) is 7.01. The van der Waals surface area contributed by atoms with Crippen molar-refractivity contribution in [1.82, 2.24) is 9.97 Å². The van der Waals surface area contributed by atoms with E-state index in [-0.39, 0.29) is 0 Å². The lowest BCUT2D eigenvalue weighted by molar-refractivity contribution is 0.0505. The zero-order valence-corrected chi connectivity index (χ0v) is 18.4. The molecule has 0 fully saturated rings.